The highest BCUT2D eigenvalue weighted by molar-refractivity contribution is 5.57. The largest absolute Gasteiger partial charge is 0.394 e. The van der Waals surface area contributed by atoms with Gasteiger partial charge in [-0.3, -0.25) is 0 Å². The molecule has 3 heterocycles. The van der Waals surface area contributed by atoms with E-state index in [2.05, 4.69) is 9.88 Å². The summed E-state index contributed by atoms with van der Waals surface area (Å²) in [6.07, 6.45) is 4.11. The van der Waals surface area contributed by atoms with E-state index in [0.717, 1.165) is 36.5 Å². The van der Waals surface area contributed by atoms with Crippen LogP contribution in [0.25, 0.3) is 5.65 Å². The molecule has 0 radical (unpaired) electrons. The Labute approximate surface area is 106 Å². The minimum atomic E-state index is 0.178. The maximum Gasteiger partial charge on any atom is 0.152 e. The lowest BCUT2D eigenvalue weighted by Crippen LogP contribution is -2.33. The summed E-state index contributed by atoms with van der Waals surface area (Å²) < 4.78 is 2.03. The van der Waals surface area contributed by atoms with Crippen LogP contribution in [0.5, 0.6) is 0 Å². The van der Waals surface area contributed by atoms with Crippen LogP contribution in [0.2, 0.25) is 0 Å². The molecule has 0 bridgehead atoms. The number of aromatic nitrogens is 2. The molecule has 0 amide bonds. The lowest BCUT2D eigenvalue weighted by atomic mass is 10.2. The van der Waals surface area contributed by atoms with Crippen LogP contribution >= 0.6 is 0 Å². The van der Waals surface area contributed by atoms with Crippen molar-refractivity contribution in [2.24, 2.45) is 5.73 Å². The molecule has 1 atom stereocenters. The number of hydrogen-bond donors (Lipinski definition) is 2. The Bertz CT molecular complexity index is 551. The van der Waals surface area contributed by atoms with E-state index in [9.17, 15) is 5.11 Å². The quantitative estimate of drug-likeness (QED) is 0.839. The Balaban J connectivity index is 2.10. The van der Waals surface area contributed by atoms with Gasteiger partial charge in [-0.2, -0.15) is 0 Å². The summed E-state index contributed by atoms with van der Waals surface area (Å²) in [5, 5.41) is 9.43. The zero-order valence-electron chi connectivity index (χ0n) is 10.3. The highest BCUT2D eigenvalue weighted by Crippen LogP contribution is 2.28. The summed E-state index contributed by atoms with van der Waals surface area (Å²) in [6, 6.07) is 6.11. The number of fused-ring (bicyclic) bond motifs is 1. The van der Waals surface area contributed by atoms with Crippen molar-refractivity contribution >= 4 is 11.5 Å². The zero-order valence-corrected chi connectivity index (χ0v) is 10.3. The van der Waals surface area contributed by atoms with Gasteiger partial charge in [-0.05, 0) is 25.0 Å². The van der Waals surface area contributed by atoms with Crippen LogP contribution in [0.4, 0.5) is 5.82 Å². The minimum absolute atomic E-state index is 0.178. The van der Waals surface area contributed by atoms with E-state index < -0.39 is 0 Å². The fraction of sp³-hybridized carbons (Fsp3) is 0.462. The molecule has 0 aromatic carbocycles. The second-order valence-corrected chi connectivity index (χ2v) is 4.69. The monoisotopic (exact) mass is 246 g/mol. The first-order valence-corrected chi connectivity index (χ1v) is 6.38. The molecular weight excluding hydrogens is 228 g/mol. The van der Waals surface area contributed by atoms with Crippen LogP contribution in [-0.2, 0) is 6.54 Å². The molecule has 18 heavy (non-hydrogen) atoms. The molecule has 1 aliphatic heterocycles. The summed E-state index contributed by atoms with van der Waals surface area (Å²) in [5.74, 6) is 0.931. The molecule has 0 saturated carbocycles. The molecule has 3 rings (SSSR count). The maximum absolute atomic E-state index is 9.43. The van der Waals surface area contributed by atoms with Crippen molar-refractivity contribution in [3.05, 3.63) is 30.1 Å². The van der Waals surface area contributed by atoms with E-state index in [1.807, 2.05) is 28.8 Å². The summed E-state index contributed by atoms with van der Waals surface area (Å²) in [7, 11) is 0. The summed E-state index contributed by atoms with van der Waals surface area (Å²) >= 11 is 0. The Kier molecular flexibility index (Phi) is 2.93. The number of anilines is 1. The van der Waals surface area contributed by atoms with Gasteiger partial charge < -0.3 is 20.1 Å². The SMILES string of the molecule is NCc1c(N2CCCC2CO)nc2ccccn12. The second-order valence-electron chi connectivity index (χ2n) is 4.69. The molecule has 3 N–H and O–H groups in total. The normalized spacial score (nSPS) is 19.9. The molecule has 96 valence electrons. The predicted octanol–water partition coefficient (Wildman–Crippen LogP) is 0.754. The van der Waals surface area contributed by atoms with Gasteiger partial charge in [0.25, 0.3) is 0 Å². The third kappa shape index (κ3) is 1.67. The number of rotatable bonds is 3. The molecule has 0 spiro atoms. The predicted molar refractivity (Wildman–Crippen MR) is 70.5 cm³/mol. The van der Waals surface area contributed by atoms with E-state index in [1.54, 1.807) is 0 Å². The molecule has 5 nitrogen and oxygen atoms in total. The van der Waals surface area contributed by atoms with Crippen molar-refractivity contribution in [2.45, 2.75) is 25.4 Å². The number of aliphatic hydroxyl groups is 1. The summed E-state index contributed by atoms with van der Waals surface area (Å²) in [4.78, 5) is 6.85. The van der Waals surface area contributed by atoms with Gasteiger partial charge in [0.05, 0.1) is 18.3 Å². The number of pyridine rings is 1. The Morgan fingerprint density at radius 1 is 1.44 bits per heavy atom. The van der Waals surface area contributed by atoms with Crippen LogP contribution in [0, 0.1) is 0 Å². The van der Waals surface area contributed by atoms with Crippen molar-refractivity contribution in [1.82, 2.24) is 9.38 Å². The van der Waals surface area contributed by atoms with Crippen molar-refractivity contribution in [3.63, 3.8) is 0 Å². The van der Waals surface area contributed by atoms with Crippen LogP contribution in [0.1, 0.15) is 18.5 Å². The van der Waals surface area contributed by atoms with E-state index in [-0.39, 0.29) is 12.6 Å². The van der Waals surface area contributed by atoms with E-state index >= 15 is 0 Å². The number of nitrogens with two attached hydrogens (primary N) is 1. The van der Waals surface area contributed by atoms with Gasteiger partial charge in [0.1, 0.15) is 5.65 Å². The Morgan fingerprint density at radius 3 is 3.11 bits per heavy atom. The fourth-order valence-corrected chi connectivity index (χ4v) is 2.76. The number of imidazole rings is 1. The van der Waals surface area contributed by atoms with Crippen LogP contribution in [-0.4, -0.2) is 33.7 Å². The topological polar surface area (TPSA) is 66.8 Å². The van der Waals surface area contributed by atoms with E-state index in [1.165, 1.54) is 0 Å². The van der Waals surface area contributed by atoms with Crippen molar-refractivity contribution in [1.29, 1.82) is 0 Å². The third-order valence-electron chi connectivity index (χ3n) is 3.66. The lowest BCUT2D eigenvalue weighted by Gasteiger charge is -2.23. The molecule has 2 aromatic rings. The lowest BCUT2D eigenvalue weighted by molar-refractivity contribution is 0.266. The number of nitrogens with zero attached hydrogens (tertiary/aromatic N) is 3. The van der Waals surface area contributed by atoms with E-state index in [0.29, 0.717) is 6.54 Å². The molecule has 1 unspecified atom stereocenters. The fourth-order valence-electron chi connectivity index (χ4n) is 2.76. The van der Waals surface area contributed by atoms with E-state index in [4.69, 9.17) is 5.73 Å². The minimum Gasteiger partial charge on any atom is -0.394 e. The van der Waals surface area contributed by atoms with Gasteiger partial charge in [0, 0.05) is 19.3 Å². The molecule has 2 aromatic heterocycles. The van der Waals surface area contributed by atoms with Crippen molar-refractivity contribution in [2.75, 3.05) is 18.1 Å². The molecule has 1 fully saturated rings. The van der Waals surface area contributed by atoms with Crippen molar-refractivity contribution < 1.29 is 5.11 Å². The smallest absolute Gasteiger partial charge is 0.152 e. The van der Waals surface area contributed by atoms with Gasteiger partial charge in [0.2, 0.25) is 0 Å². The van der Waals surface area contributed by atoms with Crippen LogP contribution in [0.3, 0.4) is 0 Å². The molecular formula is C13H18N4O. The van der Waals surface area contributed by atoms with Gasteiger partial charge in [0.15, 0.2) is 5.82 Å². The average Bonchev–Trinajstić information content (AvgIpc) is 3.01. The highest BCUT2D eigenvalue weighted by Gasteiger charge is 2.28. The molecule has 1 saturated heterocycles. The number of hydrogen-bond acceptors (Lipinski definition) is 4. The first-order valence-electron chi connectivity index (χ1n) is 6.38. The summed E-state index contributed by atoms with van der Waals surface area (Å²) in [6.45, 7) is 1.58. The second kappa shape index (κ2) is 4.59. The first-order chi connectivity index (χ1) is 8.85. The average molecular weight is 246 g/mol. The van der Waals surface area contributed by atoms with Crippen molar-refractivity contribution in [3.8, 4) is 0 Å². The zero-order chi connectivity index (χ0) is 12.5. The molecule has 5 heteroatoms. The maximum atomic E-state index is 9.43. The van der Waals surface area contributed by atoms with Gasteiger partial charge in [-0.15, -0.1) is 0 Å². The van der Waals surface area contributed by atoms with Crippen LogP contribution < -0.4 is 10.6 Å². The molecule has 1 aliphatic rings. The molecule has 0 aliphatic carbocycles. The van der Waals surface area contributed by atoms with Gasteiger partial charge >= 0.3 is 0 Å². The summed E-state index contributed by atoms with van der Waals surface area (Å²) in [5.41, 5.74) is 7.80. The van der Waals surface area contributed by atoms with Gasteiger partial charge in [-0.1, -0.05) is 6.07 Å². The standard InChI is InChI=1S/C13H18N4O/c14-8-11-13(16-7-3-4-10(16)9-18)15-12-5-1-2-6-17(11)12/h1-2,5-6,10,18H,3-4,7-9,14H2. The first kappa shape index (κ1) is 11.5. The highest BCUT2D eigenvalue weighted by atomic mass is 16.3. The third-order valence-corrected chi connectivity index (χ3v) is 3.66. The van der Waals surface area contributed by atoms with Crippen LogP contribution in [0.15, 0.2) is 24.4 Å². The number of aliphatic hydroxyl groups excluding tert-OH is 1. The Hall–Kier alpha value is -1.59. The Morgan fingerprint density at radius 2 is 2.33 bits per heavy atom. The van der Waals surface area contributed by atoms with Gasteiger partial charge in [-0.25, -0.2) is 4.98 Å².